The molecule has 1 unspecified atom stereocenters. The summed E-state index contributed by atoms with van der Waals surface area (Å²) in [5, 5.41) is 2.68. The van der Waals surface area contributed by atoms with Gasteiger partial charge in [-0.15, -0.1) is 11.8 Å². The summed E-state index contributed by atoms with van der Waals surface area (Å²) >= 11 is 1.47. The van der Waals surface area contributed by atoms with Crippen molar-refractivity contribution in [3.63, 3.8) is 0 Å². The number of rotatable bonds is 3. The van der Waals surface area contributed by atoms with Crippen molar-refractivity contribution in [1.29, 1.82) is 0 Å². The van der Waals surface area contributed by atoms with E-state index < -0.39 is 10.0 Å². The van der Waals surface area contributed by atoms with Crippen molar-refractivity contribution in [1.82, 2.24) is 9.21 Å². The Morgan fingerprint density at radius 1 is 1.06 bits per heavy atom. The van der Waals surface area contributed by atoms with Crippen molar-refractivity contribution < 1.29 is 18.0 Å². The lowest BCUT2D eigenvalue weighted by molar-refractivity contribution is -0.115. The van der Waals surface area contributed by atoms with Crippen molar-refractivity contribution in [3.8, 4) is 0 Å². The zero-order valence-corrected chi connectivity index (χ0v) is 19.3. The highest BCUT2D eigenvalue weighted by molar-refractivity contribution is 8.01. The van der Waals surface area contributed by atoms with Gasteiger partial charge < -0.3 is 10.2 Å². The molecule has 0 aliphatic carbocycles. The first-order chi connectivity index (χ1) is 14.7. The minimum atomic E-state index is -3.60. The lowest BCUT2D eigenvalue weighted by Gasteiger charge is -2.34. The standard InChI is InChI=1S/C22H25N3O4S2/c1-14-4-7-20(15(2)12-14)31(28,29)25-10-8-24(9-11-25)22(27)17-5-6-19-18(13-17)23-21(26)16(3)30-19/h4-7,12-13,16H,8-11H2,1-3H3,(H,23,26). The number of benzene rings is 2. The molecule has 7 nitrogen and oxygen atoms in total. The molecule has 0 bridgehead atoms. The maximum Gasteiger partial charge on any atom is 0.254 e. The molecule has 2 aromatic rings. The fourth-order valence-corrected chi connectivity index (χ4v) is 6.44. The van der Waals surface area contributed by atoms with Crippen LogP contribution in [-0.4, -0.2) is 60.9 Å². The maximum atomic E-state index is 13.1. The van der Waals surface area contributed by atoms with Crippen LogP contribution >= 0.6 is 11.8 Å². The van der Waals surface area contributed by atoms with Crippen LogP contribution in [0.4, 0.5) is 5.69 Å². The zero-order valence-electron chi connectivity index (χ0n) is 17.7. The molecular formula is C22H25N3O4S2. The summed E-state index contributed by atoms with van der Waals surface area (Å²) in [6.45, 7) is 6.70. The first-order valence-corrected chi connectivity index (χ1v) is 12.5. The quantitative estimate of drug-likeness (QED) is 0.763. The molecular weight excluding hydrogens is 434 g/mol. The Morgan fingerprint density at radius 3 is 2.45 bits per heavy atom. The Labute approximate surface area is 186 Å². The minimum Gasteiger partial charge on any atom is -0.336 e. The second kappa shape index (κ2) is 8.29. The van der Waals surface area contributed by atoms with E-state index in [2.05, 4.69) is 5.32 Å². The number of amides is 2. The molecule has 2 aliphatic heterocycles. The lowest BCUT2D eigenvalue weighted by Crippen LogP contribution is -2.50. The number of carbonyl (C=O) groups is 2. The van der Waals surface area contributed by atoms with Crippen molar-refractivity contribution in [2.45, 2.75) is 35.8 Å². The summed E-state index contributed by atoms with van der Waals surface area (Å²) in [4.78, 5) is 27.8. The lowest BCUT2D eigenvalue weighted by atomic mass is 10.1. The molecule has 1 N–H and O–H groups in total. The van der Waals surface area contributed by atoms with E-state index in [0.717, 1.165) is 16.0 Å². The first kappa shape index (κ1) is 21.9. The van der Waals surface area contributed by atoms with E-state index in [1.165, 1.54) is 16.1 Å². The Balaban J connectivity index is 1.46. The molecule has 0 spiro atoms. The van der Waals surface area contributed by atoms with Crippen LogP contribution in [0.3, 0.4) is 0 Å². The van der Waals surface area contributed by atoms with Gasteiger partial charge in [-0.05, 0) is 50.6 Å². The van der Waals surface area contributed by atoms with Gasteiger partial charge in [0.15, 0.2) is 0 Å². The predicted molar refractivity (Wildman–Crippen MR) is 121 cm³/mol. The number of piperazine rings is 1. The van der Waals surface area contributed by atoms with E-state index >= 15 is 0 Å². The van der Waals surface area contributed by atoms with Crippen molar-refractivity contribution in [2.24, 2.45) is 0 Å². The van der Waals surface area contributed by atoms with Gasteiger partial charge in [0.1, 0.15) is 0 Å². The molecule has 0 radical (unpaired) electrons. The summed E-state index contributed by atoms with van der Waals surface area (Å²) in [5.41, 5.74) is 2.87. The third-order valence-corrected chi connectivity index (χ3v) is 8.87. The molecule has 164 valence electrons. The molecule has 0 aromatic heterocycles. The number of hydrogen-bond acceptors (Lipinski definition) is 5. The molecule has 2 aliphatic rings. The van der Waals surface area contributed by atoms with Gasteiger partial charge in [0, 0.05) is 36.6 Å². The predicted octanol–water partition coefficient (Wildman–Crippen LogP) is 2.88. The zero-order chi connectivity index (χ0) is 22.3. The number of hydrogen-bond donors (Lipinski definition) is 1. The summed E-state index contributed by atoms with van der Waals surface area (Å²) < 4.78 is 27.6. The Kier molecular flexibility index (Phi) is 5.85. The van der Waals surface area contributed by atoms with Gasteiger partial charge in [0.25, 0.3) is 5.91 Å². The second-order valence-corrected chi connectivity index (χ2v) is 11.2. The molecule has 9 heteroatoms. The van der Waals surface area contributed by atoms with Crippen LogP contribution in [0.15, 0.2) is 46.2 Å². The van der Waals surface area contributed by atoms with Crippen LogP contribution in [0.2, 0.25) is 0 Å². The number of nitrogens with zero attached hydrogens (tertiary/aromatic N) is 2. The number of thioether (sulfide) groups is 1. The van der Waals surface area contributed by atoms with E-state index in [1.807, 2.05) is 26.0 Å². The van der Waals surface area contributed by atoms with Gasteiger partial charge >= 0.3 is 0 Å². The molecule has 2 aromatic carbocycles. The van der Waals surface area contributed by atoms with E-state index in [9.17, 15) is 18.0 Å². The van der Waals surface area contributed by atoms with Gasteiger partial charge in [-0.3, -0.25) is 9.59 Å². The maximum absolute atomic E-state index is 13.1. The van der Waals surface area contributed by atoms with Crippen molar-refractivity contribution >= 4 is 39.3 Å². The molecule has 1 atom stereocenters. The largest absolute Gasteiger partial charge is 0.336 e. The number of anilines is 1. The van der Waals surface area contributed by atoms with E-state index in [0.29, 0.717) is 29.2 Å². The van der Waals surface area contributed by atoms with Crippen LogP contribution in [0.25, 0.3) is 0 Å². The van der Waals surface area contributed by atoms with Crippen LogP contribution in [0.5, 0.6) is 0 Å². The van der Waals surface area contributed by atoms with Crippen molar-refractivity contribution in [2.75, 3.05) is 31.5 Å². The Morgan fingerprint density at radius 2 is 1.77 bits per heavy atom. The number of aryl methyl sites for hydroxylation is 2. The van der Waals surface area contributed by atoms with Gasteiger partial charge in [0.2, 0.25) is 15.9 Å². The SMILES string of the molecule is Cc1ccc(S(=O)(=O)N2CCN(C(=O)c3ccc4c(c3)NC(=O)C(C)S4)CC2)c(C)c1. The summed E-state index contributed by atoms with van der Waals surface area (Å²) in [5.74, 6) is -0.239. The highest BCUT2D eigenvalue weighted by Gasteiger charge is 2.32. The van der Waals surface area contributed by atoms with E-state index in [1.54, 1.807) is 36.1 Å². The second-order valence-electron chi connectivity index (χ2n) is 7.93. The fraction of sp³-hybridized carbons (Fsp3) is 0.364. The van der Waals surface area contributed by atoms with Crippen molar-refractivity contribution in [3.05, 3.63) is 53.1 Å². The third kappa shape index (κ3) is 4.22. The normalized spacial score (nSPS) is 19.6. The summed E-state index contributed by atoms with van der Waals surface area (Å²) in [6.07, 6.45) is 0. The Bertz CT molecular complexity index is 1160. The highest BCUT2D eigenvalue weighted by Crippen LogP contribution is 2.36. The molecule has 2 heterocycles. The van der Waals surface area contributed by atoms with Gasteiger partial charge in [0.05, 0.1) is 15.8 Å². The van der Waals surface area contributed by atoms with Gasteiger partial charge in [-0.1, -0.05) is 17.7 Å². The topological polar surface area (TPSA) is 86.8 Å². The molecule has 1 fully saturated rings. The summed E-state index contributed by atoms with van der Waals surface area (Å²) in [7, 11) is -3.60. The van der Waals surface area contributed by atoms with E-state index in [-0.39, 0.29) is 30.2 Å². The summed E-state index contributed by atoms with van der Waals surface area (Å²) in [6, 6.07) is 10.6. The van der Waals surface area contributed by atoms with Crippen LogP contribution in [-0.2, 0) is 14.8 Å². The molecule has 4 rings (SSSR count). The first-order valence-electron chi connectivity index (χ1n) is 10.1. The average Bonchev–Trinajstić information content (AvgIpc) is 2.73. The van der Waals surface area contributed by atoms with Crippen LogP contribution in [0, 0.1) is 13.8 Å². The number of sulfonamides is 1. The van der Waals surface area contributed by atoms with Crippen LogP contribution in [0.1, 0.15) is 28.4 Å². The van der Waals surface area contributed by atoms with Crippen LogP contribution < -0.4 is 5.32 Å². The number of carbonyl (C=O) groups excluding carboxylic acids is 2. The molecule has 1 saturated heterocycles. The molecule has 31 heavy (non-hydrogen) atoms. The van der Waals surface area contributed by atoms with E-state index in [4.69, 9.17) is 0 Å². The highest BCUT2D eigenvalue weighted by atomic mass is 32.2. The molecule has 2 amide bonds. The third-order valence-electron chi connectivity index (χ3n) is 5.63. The smallest absolute Gasteiger partial charge is 0.254 e. The van der Waals surface area contributed by atoms with Gasteiger partial charge in [-0.2, -0.15) is 4.31 Å². The number of nitrogens with one attached hydrogen (secondary N) is 1. The fourth-order valence-electron chi connectivity index (χ4n) is 3.88. The molecule has 0 saturated carbocycles. The minimum absolute atomic E-state index is 0.0766. The average molecular weight is 460 g/mol. The Hall–Kier alpha value is -2.36. The number of fused-ring (bicyclic) bond motifs is 1. The van der Waals surface area contributed by atoms with Gasteiger partial charge in [-0.25, -0.2) is 8.42 Å². The monoisotopic (exact) mass is 459 g/mol.